The Bertz CT molecular complexity index is 823. The van der Waals surface area contributed by atoms with E-state index in [4.69, 9.17) is 4.74 Å². The van der Waals surface area contributed by atoms with E-state index in [9.17, 15) is 9.59 Å². The van der Waals surface area contributed by atoms with E-state index in [0.717, 1.165) is 36.0 Å². The third-order valence-electron chi connectivity index (χ3n) is 5.47. The first-order valence-corrected chi connectivity index (χ1v) is 9.37. The molecular formula is C20H25N3O3. The van der Waals surface area contributed by atoms with Gasteiger partial charge < -0.3 is 19.9 Å². The molecule has 0 bridgehead atoms. The molecule has 4 rings (SSSR count). The van der Waals surface area contributed by atoms with Crippen LogP contribution in [0.1, 0.15) is 31.4 Å². The number of benzene rings is 1. The number of piperidine rings is 1. The van der Waals surface area contributed by atoms with E-state index in [1.165, 1.54) is 0 Å². The zero-order valence-electron chi connectivity index (χ0n) is 15.0. The van der Waals surface area contributed by atoms with Crippen LogP contribution in [-0.4, -0.2) is 41.2 Å². The first kappa shape index (κ1) is 17.1. The van der Waals surface area contributed by atoms with Crippen LogP contribution in [-0.2, 0) is 20.9 Å². The van der Waals surface area contributed by atoms with Crippen LogP contribution in [0.5, 0.6) is 0 Å². The number of para-hydroxylation sites is 1. The van der Waals surface area contributed by atoms with Gasteiger partial charge in [-0.25, -0.2) is 0 Å². The Balaban J connectivity index is 1.47. The number of carbonyl (C=O) groups is 2. The van der Waals surface area contributed by atoms with Crippen molar-refractivity contribution in [3.63, 3.8) is 0 Å². The summed E-state index contributed by atoms with van der Waals surface area (Å²) < 4.78 is 7.80. The summed E-state index contributed by atoms with van der Waals surface area (Å²) in [5.74, 6) is 0.0156. The molecule has 2 aliphatic heterocycles. The second-order valence-electron chi connectivity index (χ2n) is 7.29. The maximum atomic E-state index is 12.7. The maximum absolute atomic E-state index is 12.7. The van der Waals surface area contributed by atoms with Gasteiger partial charge in [0.15, 0.2) is 0 Å². The van der Waals surface area contributed by atoms with Gasteiger partial charge in [0, 0.05) is 24.2 Å². The summed E-state index contributed by atoms with van der Waals surface area (Å²) in [7, 11) is 0. The van der Waals surface area contributed by atoms with Crippen molar-refractivity contribution >= 4 is 22.7 Å². The van der Waals surface area contributed by atoms with Crippen molar-refractivity contribution in [3.05, 3.63) is 36.0 Å². The van der Waals surface area contributed by atoms with Crippen molar-refractivity contribution < 1.29 is 14.3 Å². The number of carbonyl (C=O) groups excluding carboxylic acids is 2. The minimum Gasteiger partial charge on any atom is -0.376 e. The molecule has 138 valence electrons. The summed E-state index contributed by atoms with van der Waals surface area (Å²) in [6.45, 7) is 3.03. The van der Waals surface area contributed by atoms with Crippen LogP contribution < -0.4 is 10.6 Å². The topological polar surface area (TPSA) is 72.4 Å². The van der Waals surface area contributed by atoms with Gasteiger partial charge in [0.2, 0.25) is 11.8 Å². The van der Waals surface area contributed by atoms with Gasteiger partial charge in [-0.15, -0.1) is 0 Å². The van der Waals surface area contributed by atoms with E-state index in [1.54, 1.807) is 0 Å². The monoisotopic (exact) mass is 355 g/mol. The van der Waals surface area contributed by atoms with Crippen molar-refractivity contribution in [2.75, 3.05) is 6.61 Å². The fourth-order valence-electron chi connectivity index (χ4n) is 4.18. The van der Waals surface area contributed by atoms with Crippen LogP contribution in [0.4, 0.5) is 0 Å². The number of amides is 2. The second kappa shape index (κ2) is 7.11. The smallest absolute Gasteiger partial charge is 0.240 e. The molecule has 1 aromatic carbocycles. The third-order valence-corrected chi connectivity index (χ3v) is 5.47. The fraction of sp³-hybridized carbons (Fsp3) is 0.500. The minimum atomic E-state index is -0.134. The van der Waals surface area contributed by atoms with Crippen molar-refractivity contribution in [2.24, 2.45) is 0 Å². The number of nitrogens with one attached hydrogen (secondary N) is 2. The molecule has 6 heteroatoms. The third kappa shape index (κ3) is 3.33. The molecule has 2 fully saturated rings. The first-order valence-electron chi connectivity index (χ1n) is 9.37. The van der Waals surface area contributed by atoms with E-state index in [1.807, 2.05) is 29.7 Å². The van der Waals surface area contributed by atoms with Crippen LogP contribution in [0.25, 0.3) is 10.9 Å². The highest BCUT2D eigenvalue weighted by Gasteiger charge is 2.37. The van der Waals surface area contributed by atoms with Gasteiger partial charge in [0.05, 0.1) is 18.2 Å². The Hall–Kier alpha value is -2.34. The summed E-state index contributed by atoms with van der Waals surface area (Å²) in [5.41, 5.74) is 2.13. The lowest BCUT2D eigenvalue weighted by Crippen LogP contribution is -2.60. The number of aromatic nitrogens is 1. The zero-order valence-corrected chi connectivity index (χ0v) is 15.0. The summed E-state index contributed by atoms with van der Waals surface area (Å²) >= 11 is 0. The number of fused-ring (bicyclic) bond motifs is 1. The lowest BCUT2D eigenvalue weighted by atomic mass is 9.92. The van der Waals surface area contributed by atoms with Crippen LogP contribution in [0.3, 0.4) is 0 Å². The standard InChI is InChI=1S/C20H25N3O3/c1-13-11-14-5-2-3-6-16(14)23(13)12-19(25)21-15-8-9-18(24)22-20(15)17-7-4-10-26-17/h2-3,5-6,11,15,17,20H,4,7-10,12H2,1H3,(H,21,25)(H,22,24)/t15-,17?,20-/m0/s1. The zero-order chi connectivity index (χ0) is 18.1. The van der Waals surface area contributed by atoms with Gasteiger partial charge in [-0.3, -0.25) is 9.59 Å². The van der Waals surface area contributed by atoms with Gasteiger partial charge in [-0.05, 0) is 43.7 Å². The molecule has 26 heavy (non-hydrogen) atoms. The Morgan fingerprint density at radius 3 is 3.00 bits per heavy atom. The fourth-order valence-corrected chi connectivity index (χ4v) is 4.18. The first-order chi connectivity index (χ1) is 12.6. The molecular weight excluding hydrogens is 330 g/mol. The number of rotatable bonds is 4. The molecule has 3 atom stereocenters. The van der Waals surface area contributed by atoms with Crippen molar-refractivity contribution in [3.8, 4) is 0 Å². The summed E-state index contributed by atoms with van der Waals surface area (Å²) in [4.78, 5) is 24.6. The molecule has 0 spiro atoms. The van der Waals surface area contributed by atoms with Crippen LogP contribution in [0, 0.1) is 6.92 Å². The van der Waals surface area contributed by atoms with Gasteiger partial charge in [-0.1, -0.05) is 18.2 Å². The highest BCUT2D eigenvalue weighted by molar-refractivity contribution is 5.84. The number of ether oxygens (including phenoxy) is 1. The van der Waals surface area contributed by atoms with E-state index in [-0.39, 0.29) is 36.5 Å². The Labute approximate surface area is 152 Å². The van der Waals surface area contributed by atoms with Crippen LogP contribution in [0.15, 0.2) is 30.3 Å². The molecule has 2 N–H and O–H groups in total. The maximum Gasteiger partial charge on any atom is 0.240 e. The Morgan fingerprint density at radius 1 is 1.35 bits per heavy atom. The van der Waals surface area contributed by atoms with E-state index in [0.29, 0.717) is 12.8 Å². The molecule has 1 aromatic heterocycles. The number of hydrogen-bond donors (Lipinski definition) is 2. The predicted octanol–water partition coefficient (Wildman–Crippen LogP) is 1.89. The molecule has 2 saturated heterocycles. The molecule has 0 aliphatic carbocycles. The molecule has 0 radical (unpaired) electrons. The number of nitrogens with zero attached hydrogens (tertiary/aromatic N) is 1. The van der Waals surface area contributed by atoms with Crippen LogP contribution >= 0.6 is 0 Å². The quantitative estimate of drug-likeness (QED) is 0.880. The summed E-state index contributed by atoms with van der Waals surface area (Å²) in [6, 6.07) is 9.96. The Morgan fingerprint density at radius 2 is 2.19 bits per heavy atom. The SMILES string of the molecule is Cc1cc2ccccc2n1CC(=O)N[C@H]1CCC(=O)N[C@@H]1C1CCCO1. The molecule has 1 unspecified atom stereocenters. The predicted molar refractivity (Wildman–Crippen MR) is 98.7 cm³/mol. The molecule has 0 saturated carbocycles. The lowest BCUT2D eigenvalue weighted by molar-refractivity contribution is -0.128. The molecule has 6 nitrogen and oxygen atoms in total. The molecule has 2 aliphatic rings. The highest BCUT2D eigenvalue weighted by atomic mass is 16.5. The second-order valence-corrected chi connectivity index (χ2v) is 7.29. The lowest BCUT2D eigenvalue weighted by Gasteiger charge is -2.36. The number of aryl methyl sites for hydroxylation is 1. The van der Waals surface area contributed by atoms with Crippen molar-refractivity contribution in [1.29, 1.82) is 0 Å². The van der Waals surface area contributed by atoms with E-state index >= 15 is 0 Å². The molecule has 2 amide bonds. The molecule has 3 heterocycles. The normalized spacial score (nSPS) is 26.0. The molecule has 2 aromatic rings. The van der Waals surface area contributed by atoms with Crippen LogP contribution in [0.2, 0.25) is 0 Å². The Kier molecular flexibility index (Phi) is 4.68. The van der Waals surface area contributed by atoms with Gasteiger partial charge in [0.25, 0.3) is 0 Å². The largest absolute Gasteiger partial charge is 0.376 e. The van der Waals surface area contributed by atoms with E-state index in [2.05, 4.69) is 22.8 Å². The minimum absolute atomic E-state index is 0.00121. The van der Waals surface area contributed by atoms with Gasteiger partial charge in [0.1, 0.15) is 6.54 Å². The summed E-state index contributed by atoms with van der Waals surface area (Å²) in [5, 5.41) is 7.31. The highest BCUT2D eigenvalue weighted by Crippen LogP contribution is 2.23. The summed E-state index contributed by atoms with van der Waals surface area (Å²) in [6.07, 6.45) is 3.04. The average Bonchev–Trinajstić information content (AvgIpc) is 3.25. The number of hydrogen-bond acceptors (Lipinski definition) is 3. The van der Waals surface area contributed by atoms with E-state index < -0.39 is 0 Å². The van der Waals surface area contributed by atoms with Crippen molar-refractivity contribution in [1.82, 2.24) is 15.2 Å². The van der Waals surface area contributed by atoms with Gasteiger partial charge >= 0.3 is 0 Å². The van der Waals surface area contributed by atoms with Crippen molar-refractivity contribution in [2.45, 2.75) is 57.3 Å². The average molecular weight is 355 g/mol. The van der Waals surface area contributed by atoms with Gasteiger partial charge in [-0.2, -0.15) is 0 Å².